The molecule has 0 radical (unpaired) electrons. The van der Waals surface area contributed by atoms with Gasteiger partial charge in [0.05, 0.1) is 12.7 Å². The van der Waals surface area contributed by atoms with Crippen LogP contribution >= 0.6 is 11.3 Å². The molecule has 0 aliphatic carbocycles. The number of hydrogen-bond acceptors (Lipinski definition) is 5. The second-order valence-electron chi connectivity index (χ2n) is 6.63. The molecule has 2 heterocycles. The molecule has 142 valence electrons. The second kappa shape index (κ2) is 8.83. The quantitative estimate of drug-likeness (QED) is 0.659. The first kappa shape index (κ1) is 19.1. The first-order valence-corrected chi connectivity index (χ1v) is 9.63. The first-order valence-electron chi connectivity index (χ1n) is 8.75. The number of thiophene rings is 1. The van der Waals surface area contributed by atoms with Gasteiger partial charge in [0.15, 0.2) is 12.2 Å². The number of urea groups is 1. The highest BCUT2D eigenvalue weighted by Crippen LogP contribution is 2.23. The summed E-state index contributed by atoms with van der Waals surface area (Å²) in [7, 11) is 4.01. The molecular weight excluding hydrogens is 360 g/mol. The van der Waals surface area contributed by atoms with Crippen molar-refractivity contribution in [3.63, 3.8) is 0 Å². The van der Waals surface area contributed by atoms with E-state index in [1.54, 1.807) is 17.5 Å². The van der Waals surface area contributed by atoms with Crippen molar-refractivity contribution in [2.24, 2.45) is 0 Å². The predicted octanol–water partition coefficient (Wildman–Crippen LogP) is 4.31. The van der Waals surface area contributed by atoms with Crippen molar-refractivity contribution in [2.75, 3.05) is 32.5 Å². The molecule has 6 nitrogen and oxygen atoms in total. The second-order valence-corrected chi connectivity index (χ2v) is 7.63. The Hall–Kier alpha value is -2.64. The highest BCUT2D eigenvalue weighted by atomic mass is 32.1. The van der Waals surface area contributed by atoms with Crippen LogP contribution in [0.1, 0.15) is 10.4 Å². The summed E-state index contributed by atoms with van der Waals surface area (Å²) in [6, 6.07) is 9.55. The fraction of sp³-hybridized carbons (Fsp3) is 0.300. The van der Waals surface area contributed by atoms with Gasteiger partial charge < -0.3 is 19.5 Å². The molecule has 2 amide bonds. The lowest BCUT2D eigenvalue weighted by molar-refractivity contribution is 0.202. The molecule has 3 rings (SSSR count). The van der Waals surface area contributed by atoms with Gasteiger partial charge >= 0.3 is 6.03 Å². The van der Waals surface area contributed by atoms with E-state index in [4.69, 9.17) is 4.42 Å². The number of hydrogen-bond donors (Lipinski definition) is 1. The minimum absolute atomic E-state index is 0.112. The Morgan fingerprint density at radius 3 is 2.78 bits per heavy atom. The summed E-state index contributed by atoms with van der Waals surface area (Å²) in [6.07, 6.45) is 3.05. The van der Waals surface area contributed by atoms with Crippen LogP contribution in [0.3, 0.4) is 0 Å². The molecule has 2 aromatic heterocycles. The molecule has 0 saturated carbocycles. The Bertz CT molecular complexity index is 874. The van der Waals surface area contributed by atoms with Crippen LogP contribution in [0.2, 0.25) is 0 Å². The Morgan fingerprint density at radius 2 is 2.11 bits per heavy atom. The Morgan fingerprint density at radius 1 is 1.26 bits per heavy atom. The van der Waals surface area contributed by atoms with Crippen molar-refractivity contribution in [3.05, 3.63) is 58.7 Å². The van der Waals surface area contributed by atoms with E-state index in [9.17, 15) is 4.79 Å². The van der Waals surface area contributed by atoms with Crippen LogP contribution < -0.4 is 5.32 Å². The van der Waals surface area contributed by atoms with Crippen molar-refractivity contribution in [1.29, 1.82) is 0 Å². The van der Waals surface area contributed by atoms with Gasteiger partial charge in [-0.05, 0) is 50.2 Å². The van der Waals surface area contributed by atoms with E-state index in [0.29, 0.717) is 18.8 Å². The summed E-state index contributed by atoms with van der Waals surface area (Å²) in [4.78, 5) is 22.0. The average molecular weight is 385 g/mol. The van der Waals surface area contributed by atoms with Gasteiger partial charge in [0.25, 0.3) is 0 Å². The topological polar surface area (TPSA) is 61.6 Å². The number of nitrogens with zero attached hydrogens (tertiary/aromatic N) is 3. The zero-order valence-electron chi connectivity index (χ0n) is 15.8. The van der Waals surface area contributed by atoms with E-state index in [0.717, 1.165) is 17.8 Å². The molecule has 0 aliphatic heterocycles. The number of amides is 2. The molecule has 1 aromatic carbocycles. The van der Waals surface area contributed by atoms with E-state index in [2.05, 4.69) is 33.6 Å². The van der Waals surface area contributed by atoms with E-state index in [1.807, 2.05) is 43.3 Å². The summed E-state index contributed by atoms with van der Waals surface area (Å²) in [5.41, 5.74) is 2.82. The molecule has 3 aromatic rings. The largest absolute Gasteiger partial charge is 0.444 e. The Kier molecular flexibility index (Phi) is 6.26. The maximum atomic E-state index is 12.9. The van der Waals surface area contributed by atoms with Gasteiger partial charge in [-0.25, -0.2) is 9.78 Å². The van der Waals surface area contributed by atoms with Gasteiger partial charge in [0.2, 0.25) is 0 Å². The number of anilines is 1. The van der Waals surface area contributed by atoms with Crippen LogP contribution in [0.25, 0.3) is 11.3 Å². The molecular formula is C20H24N4O2S. The van der Waals surface area contributed by atoms with Gasteiger partial charge in [0, 0.05) is 29.2 Å². The predicted molar refractivity (Wildman–Crippen MR) is 109 cm³/mol. The van der Waals surface area contributed by atoms with Crippen LogP contribution in [-0.2, 0) is 6.54 Å². The SMILES string of the molecule is Cc1ccsc1CN(CCN(C)C)C(=O)Nc1cccc(-c2cnco2)c1. The summed E-state index contributed by atoms with van der Waals surface area (Å²) < 4.78 is 5.34. The summed E-state index contributed by atoms with van der Waals surface area (Å²) in [5.74, 6) is 0.671. The molecule has 0 spiro atoms. The smallest absolute Gasteiger partial charge is 0.322 e. The van der Waals surface area contributed by atoms with Crippen molar-refractivity contribution in [2.45, 2.75) is 13.5 Å². The third-order valence-electron chi connectivity index (χ3n) is 4.24. The molecule has 0 atom stereocenters. The summed E-state index contributed by atoms with van der Waals surface area (Å²) in [5, 5.41) is 5.07. The van der Waals surface area contributed by atoms with Crippen molar-refractivity contribution in [1.82, 2.24) is 14.8 Å². The summed E-state index contributed by atoms with van der Waals surface area (Å²) in [6.45, 7) is 4.13. The number of aromatic nitrogens is 1. The van der Waals surface area contributed by atoms with E-state index < -0.39 is 0 Å². The van der Waals surface area contributed by atoms with Gasteiger partial charge in [-0.2, -0.15) is 0 Å². The Labute approximate surface area is 163 Å². The van der Waals surface area contributed by atoms with Gasteiger partial charge in [0.1, 0.15) is 0 Å². The van der Waals surface area contributed by atoms with Crippen LogP contribution in [-0.4, -0.2) is 48.0 Å². The minimum Gasteiger partial charge on any atom is -0.444 e. The van der Waals surface area contributed by atoms with Crippen molar-refractivity contribution < 1.29 is 9.21 Å². The number of nitrogens with one attached hydrogen (secondary N) is 1. The van der Waals surface area contributed by atoms with Crippen LogP contribution in [0.5, 0.6) is 0 Å². The Balaban J connectivity index is 1.73. The van der Waals surface area contributed by atoms with Crippen LogP contribution in [0.4, 0.5) is 10.5 Å². The lowest BCUT2D eigenvalue weighted by atomic mass is 10.1. The fourth-order valence-corrected chi connectivity index (χ4v) is 3.54. The number of likely N-dealkylation sites (N-methyl/N-ethyl adjacent to an activating group) is 1. The normalized spacial score (nSPS) is 11.0. The number of carbonyl (C=O) groups excluding carboxylic acids is 1. The number of benzene rings is 1. The molecule has 27 heavy (non-hydrogen) atoms. The molecule has 7 heteroatoms. The molecule has 0 aliphatic rings. The lowest BCUT2D eigenvalue weighted by Crippen LogP contribution is -2.38. The third-order valence-corrected chi connectivity index (χ3v) is 5.25. The number of carbonyl (C=O) groups is 1. The van der Waals surface area contributed by atoms with Gasteiger partial charge in [-0.1, -0.05) is 12.1 Å². The zero-order chi connectivity index (χ0) is 19.2. The molecule has 0 saturated heterocycles. The van der Waals surface area contributed by atoms with E-state index in [1.165, 1.54) is 16.8 Å². The third kappa shape index (κ3) is 5.18. The number of oxazole rings is 1. The number of rotatable bonds is 7. The first-order chi connectivity index (χ1) is 13.0. The highest BCUT2D eigenvalue weighted by molar-refractivity contribution is 7.10. The maximum Gasteiger partial charge on any atom is 0.322 e. The lowest BCUT2D eigenvalue weighted by Gasteiger charge is -2.24. The fourth-order valence-electron chi connectivity index (χ4n) is 2.62. The van der Waals surface area contributed by atoms with E-state index in [-0.39, 0.29) is 6.03 Å². The monoisotopic (exact) mass is 384 g/mol. The zero-order valence-corrected chi connectivity index (χ0v) is 16.6. The van der Waals surface area contributed by atoms with Crippen molar-refractivity contribution >= 4 is 23.1 Å². The maximum absolute atomic E-state index is 12.9. The minimum atomic E-state index is -0.112. The molecule has 0 unspecified atom stereocenters. The van der Waals surface area contributed by atoms with Crippen molar-refractivity contribution in [3.8, 4) is 11.3 Å². The molecule has 1 N–H and O–H groups in total. The highest BCUT2D eigenvalue weighted by Gasteiger charge is 2.16. The van der Waals surface area contributed by atoms with Crippen LogP contribution in [0.15, 0.2) is 52.7 Å². The van der Waals surface area contributed by atoms with Crippen LogP contribution in [0, 0.1) is 6.92 Å². The molecule has 0 bridgehead atoms. The standard InChI is InChI=1S/C20H24N4O2S/c1-15-7-10-27-19(15)13-24(9-8-23(2)3)20(25)22-17-6-4-5-16(11-17)18-12-21-14-26-18/h4-7,10-12,14H,8-9,13H2,1-3H3,(H,22,25). The summed E-state index contributed by atoms with van der Waals surface area (Å²) >= 11 is 1.68. The van der Waals surface area contributed by atoms with Gasteiger partial charge in [-0.15, -0.1) is 11.3 Å². The molecule has 0 fully saturated rings. The van der Waals surface area contributed by atoms with E-state index >= 15 is 0 Å². The average Bonchev–Trinajstić information content (AvgIpc) is 3.30. The number of aryl methyl sites for hydroxylation is 1. The van der Waals surface area contributed by atoms with Gasteiger partial charge in [-0.3, -0.25) is 0 Å².